The molecular formula is C18H33NO6. The lowest BCUT2D eigenvalue weighted by Gasteiger charge is -2.41. The first-order chi connectivity index (χ1) is 12.0. The monoisotopic (exact) mass is 359 g/mol. The first-order valence-electron chi connectivity index (χ1n) is 9.21. The highest BCUT2D eigenvalue weighted by atomic mass is 16.7. The minimum atomic E-state index is -1.30. The summed E-state index contributed by atoms with van der Waals surface area (Å²) in [5.41, 5.74) is 0. The SMILES string of the molecule is CCCCCCCCC=CO[C@@H]1O[C@H](CO)[C@H](O)[C@H](O)[C@H]1NC(C)=O. The molecule has 0 aromatic heterocycles. The average molecular weight is 359 g/mol. The second kappa shape index (κ2) is 12.2. The number of allylic oxidation sites excluding steroid dienone is 1. The molecule has 1 aliphatic heterocycles. The van der Waals surface area contributed by atoms with Gasteiger partial charge in [-0.1, -0.05) is 39.0 Å². The molecule has 1 rings (SSSR count). The van der Waals surface area contributed by atoms with Crippen LogP contribution in [0.3, 0.4) is 0 Å². The maximum Gasteiger partial charge on any atom is 0.222 e. The molecule has 0 aromatic rings. The van der Waals surface area contributed by atoms with Crippen LogP contribution < -0.4 is 5.32 Å². The van der Waals surface area contributed by atoms with Gasteiger partial charge in [0.05, 0.1) is 12.9 Å². The Morgan fingerprint density at radius 2 is 1.84 bits per heavy atom. The number of hydrogen-bond donors (Lipinski definition) is 4. The number of unbranched alkanes of at least 4 members (excludes halogenated alkanes) is 6. The number of carbonyl (C=O) groups is 1. The van der Waals surface area contributed by atoms with Gasteiger partial charge in [0.1, 0.15) is 24.4 Å². The molecule has 0 aliphatic carbocycles. The van der Waals surface area contributed by atoms with Crippen LogP contribution in [0.4, 0.5) is 0 Å². The number of ether oxygens (including phenoxy) is 2. The van der Waals surface area contributed by atoms with Crippen molar-refractivity contribution < 1.29 is 29.6 Å². The fourth-order valence-corrected chi connectivity index (χ4v) is 2.83. The number of nitrogens with one attached hydrogen (secondary N) is 1. The lowest BCUT2D eigenvalue weighted by atomic mass is 9.97. The first kappa shape index (κ1) is 21.9. The second-order valence-corrected chi connectivity index (χ2v) is 6.50. The summed E-state index contributed by atoms with van der Waals surface area (Å²) in [6, 6.07) is -0.908. The summed E-state index contributed by atoms with van der Waals surface area (Å²) in [6.45, 7) is 3.05. The zero-order chi connectivity index (χ0) is 18.7. The van der Waals surface area contributed by atoms with Crippen molar-refractivity contribution in [1.82, 2.24) is 5.32 Å². The summed E-state index contributed by atoms with van der Waals surface area (Å²) >= 11 is 0. The van der Waals surface area contributed by atoms with Crippen molar-refractivity contribution in [2.24, 2.45) is 0 Å². The van der Waals surface area contributed by atoms with Crippen LogP contribution in [0.1, 0.15) is 58.8 Å². The van der Waals surface area contributed by atoms with Gasteiger partial charge in [-0.15, -0.1) is 0 Å². The Morgan fingerprint density at radius 1 is 1.16 bits per heavy atom. The average Bonchev–Trinajstić information content (AvgIpc) is 2.59. The number of amides is 1. The van der Waals surface area contributed by atoms with Crippen LogP contribution in [0.15, 0.2) is 12.3 Å². The van der Waals surface area contributed by atoms with E-state index in [1.54, 1.807) is 0 Å². The molecular weight excluding hydrogens is 326 g/mol. The number of aliphatic hydroxyl groups is 3. The molecule has 5 atom stereocenters. The number of hydrogen-bond acceptors (Lipinski definition) is 6. The predicted molar refractivity (Wildman–Crippen MR) is 93.6 cm³/mol. The van der Waals surface area contributed by atoms with Crippen LogP contribution in [0, 0.1) is 0 Å². The van der Waals surface area contributed by atoms with Crippen LogP contribution in [-0.2, 0) is 14.3 Å². The quantitative estimate of drug-likeness (QED) is 0.326. The molecule has 0 bridgehead atoms. The fraction of sp³-hybridized carbons (Fsp3) is 0.833. The van der Waals surface area contributed by atoms with Gasteiger partial charge in [0.15, 0.2) is 0 Å². The van der Waals surface area contributed by atoms with Crippen molar-refractivity contribution in [3.63, 3.8) is 0 Å². The smallest absolute Gasteiger partial charge is 0.222 e. The lowest BCUT2D eigenvalue weighted by Crippen LogP contribution is -2.64. The summed E-state index contributed by atoms with van der Waals surface area (Å²) in [4.78, 5) is 11.3. The Balaban J connectivity index is 2.43. The van der Waals surface area contributed by atoms with E-state index < -0.39 is 37.3 Å². The normalized spacial score (nSPS) is 29.7. The number of carbonyl (C=O) groups excluding carboxylic acids is 1. The third kappa shape index (κ3) is 7.73. The highest BCUT2D eigenvalue weighted by Crippen LogP contribution is 2.22. The third-order valence-corrected chi connectivity index (χ3v) is 4.28. The molecule has 7 nitrogen and oxygen atoms in total. The van der Waals surface area contributed by atoms with E-state index >= 15 is 0 Å². The van der Waals surface area contributed by atoms with E-state index in [1.807, 2.05) is 6.08 Å². The predicted octanol–water partition coefficient (Wildman–Crippen LogP) is 1.21. The Bertz CT molecular complexity index is 403. The van der Waals surface area contributed by atoms with Gasteiger partial charge in [-0.25, -0.2) is 0 Å². The van der Waals surface area contributed by atoms with Gasteiger partial charge < -0.3 is 30.1 Å². The number of aliphatic hydroxyl groups excluding tert-OH is 3. The molecule has 1 amide bonds. The van der Waals surface area contributed by atoms with Crippen LogP contribution in [0.2, 0.25) is 0 Å². The topological polar surface area (TPSA) is 108 Å². The van der Waals surface area contributed by atoms with Crippen molar-refractivity contribution in [2.45, 2.75) is 89.4 Å². The van der Waals surface area contributed by atoms with Crippen LogP contribution in [-0.4, -0.2) is 58.5 Å². The van der Waals surface area contributed by atoms with E-state index in [1.165, 1.54) is 45.3 Å². The highest BCUT2D eigenvalue weighted by molar-refractivity contribution is 5.73. The van der Waals surface area contributed by atoms with Crippen molar-refractivity contribution in [1.29, 1.82) is 0 Å². The summed E-state index contributed by atoms with van der Waals surface area (Å²) < 4.78 is 10.9. The van der Waals surface area contributed by atoms with Gasteiger partial charge in [-0.05, 0) is 18.9 Å². The molecule has 0 aromatic carbocycles. The maximum atomic E-state index is 11.3. The van der Waals surface area contributed by atoms with E-state index in [2.05, 4.69) is 12.2 Å². The molecule has 4 N–H and O–H groups in total. The molecule has 0 radical (unpaired) electrons. The van der Waals surface area contributed by atoms with Crippen LogP contribution in [0.5, 0.6) is 0 Å². The first-order valence-corrected chi connectivity index (χ1v) is 9.21. The minimum Gasteiger partial charge on any atom is -0.471 e. The van der Waals surface area contributed by atoms with E-state index in [-0.39, 0.29) is 5.91 Å². The van der Waals surface area contributed by atoms with Gasteiger partial charge in [-0.2, -0.15) is 0 Å². The molecule has 0 unspecified atom stereocenters. The third-order valence-electron chi connectivity index (χ3n) is 4.28. The van der Waals surface area contributed by atoms with Crippen molar-refractivity contribution in [3.05, 3.63) is 12.3 Å². The number of rotatable bonds is 11. The van der Waals surface area contributed by atoms with Gasteiger partial charge in [0.25, 0.3) is 0 Å². The van der Waals surface area contributed by atoms with Gasteiger partial charge in [0.2, 0.25) is 12.2 Å². The fourth-order valence-electron chi connectivity index (χ4n) is 2.83. The summed E-state index contributed by atoms with van der Waals surface area (Å²) in [5.74, 6) is -0.369. The van der Waals surface area contributed by atoms with Crippen LogP contribution >= 0.6 is 0 Å². The molecule has 1 aliphatic rings. The van der Waals surface area contributed by atoms with E-state index in [0.717, 1.165) is 12.8 Å². The van der Waals surface area contributed by atoms with Crippen molar-refractivity contribution in [3.8, 4) is 0 Å². The Kier molecular flexibility index (Phi) is 10.7. The molecule has 1 heterocycles. The van der Waals surface area contributed by atoms with Gasteiger partial charge in [0, 0.05) is 6.92 Å². The molecule has 146 valence electrons. The molecule has 1 fully saturated rings. The molecule has 0 spiro atoms. The summed E-state index contributed by atoms with van der Waals surface area (Å²) in [7, 11) is 0. The van der Waals surface area contributed by atoms with E-state index in [9.17, 15) is 20.1 Å². The second-order valence-electron chi connectivity index (χ2n) is 6.50. The lowest BCUT2D eigenvalue weighted by molar-refractivity contribution is -0.255. The molecule has 0 saturated carbocycles. The summed E-state index contributed by atoms with van der Waals surface area (Å²) in [6.07, 6.45) is 7.00. The zero-order valence-electron chi connectivity index (χ0n) is 15.3. The van der Waals surface area contributed by atoms with E-state index in [0.29, 0.717) is 0 Å². The van der Waals surface area contributed by atoms with Crippen molar-refractivity contribution in [2.75, 3.05) is 6.61 Å². The molecule has 1 saturated heterocycles. The van der Waals surface area contributed by atoms with Gasteiger partial charge >= 0.3 is 0 Å². The largest absolute Gasteiger partial charge is 0.471 e. The molecule has 25 heavy (non-hydrogen) atoms. The Hall–Kier alpha value is -1.15. The standard InChI is InChI=1S/C18H33NO6/c1-3-4-5-6-7-8-9-10-11-24-18-15(19-13(2)21)17(23)16(22)14(12-20)25-18/h10-11,14-18,20,22-23H,3-9,12H2,1-2H3,(H,19,21)/t14-,15-,16+,17-,18-/m1/s1. The van der Waals surface area contributed by atoms with E-state index in [4.69, 9.17) is 9.47 Å². The maximum absolute atomic E-state index is 11.3. The molecule has 7 heteroatoms. The van der Waals surface area contributed by atoms with Crippen molar-refractivity contribution >= 4 is 5.91 Å². The minimum absolute atomic E-state index is 0.369. The zero-order valence-corrected chi connectivity index (χ0v) is 15.3. The van der Waals surface area contributed by atoms with Crippen LogP contribution in [0.25, 0.3) is 0 Å². The van der Waals surface area contributed by atoms with Gasteiger partial charge in [-0.3, -0.25) is 4.79 Å². The highest BCUT2D eigenvalue weighted by Gasteiger charge is 2.45. The Labute approximate surface area is 150 Å². The summed E-state index contributed by atoms with van der Waals surface area (Å²) in [5, 5.41) is 31.8. The Morgan fingerprint density at radius 3 is 2.48 bits per heavy atom.